The Hall–Kier alpha value is -3.95. The number of benzene rings is 4. The molecule has 0 saturated carbocycles. The Kier molecular flexibility index (Phi) is 10.4. The van der Waals surface area contributed by atoms with Gasteiger partial charge in [0.25, 0.3) is 0 Å². The van der Waals surface area contributed by atoms with Crippen molar-refractivity contribution in [3.8, 4) is 0 Å². The zero-order valence-electron chi connectivity index (χ0n) is 22.9. The molecule has 216 valence electrons. The molecule has 0 radical (unpaired) electrons. The molecule has 1 heterocycles. The van der Waals surface area contributed by atoms with Gasteiger partial charge in [0.1, 0.15) is 17.6 Å². The van der Waals surface area contributed by atoms with Gasteiger partial charge in [-0.3, -0.25) is 0 Å². The van der Waals surface area contributed by atoms with Gasteiger partial charge in [-0.1, -0.05) is 97.1 Å². The summed E-state index contributed by atoms with van der Waals surface area (Å²) >= 11 is 1.40. The SMILES string of the molecule is O=C(O[C@H]1[C@@H](OCc2ccccc2)[C@@H](CO)O[C@@H](SCc2ccccc2)[C@@H]1OC(=O)c1ccccc1)c1ccccc1. The monoisotopic (exact) mass is 584 g/mol. The number of esters is 2. The Morgan fingerprint density at radius 3 is 1.64 bits per heavy atom. The topological polar surface area (TPSA) is 91.3 Å². The minimum Gasteiger partial charge on any atom is -0.452 e. The van der Waals surface area contributed by atoms with Gasteiger partial charge in [-0.25, -0.2) is 9.59 Å². The third-order valence-electron chi connectivity index (χ3n) is 6.82. The third-order valence-corrected chi connectivity index (χ3v) is 8.03. The Labute approximate surface area is 249 Å². The molecular weight excluding hydrogens is 552 g/mol. The molecule has 1 N–H and O–H groups in total. The highest BCUT2D eigenvalue weighted by molar-refractivity contribution is 7.99. The number of hydrogen-bond donors (Lipinski definition) is 1. The number of aliphatic hydroxyl groups is 1. The molecule has 1 fully saturated rings. The van der Waals surface area contributed by atoms with Crippen molar-refractivity contribution in [2.45, 2.75) is 42.2 Å². The van der Waals surface area contributed by atoms with Crippen molar-refractivity contribution >= 4 is 23.7 Å². The van der Waals surface area contributed by atoms with E-state index in [0.29, 0.717) is 16.9 Å². The highest BCUT2D eigenvalue weighted by Gasteiger charge is 2.51. The molecule has 5 atom stereocenters. The van der Waals surface area contributed by atoms with Gasteiger partial charge in [-0.2, -0.15) is 0 Å². The first kappa shape index (κ1) is 29.5. The van der Waals surface area contributed by atoms with Gasteiger partial charge in [0.2, 0.25) is 0 Å². The second-order valence-electron chi connectivity index (χ2n) is 9.76. The number of rotatable bonds is 11. The average Bonchev–Trinajstić information content (AvgIpc) is 3.05. The van der Waals surface area contributed by atoms with Crippen LogP contribution in [0, 0.1) is 0 Å². The van der Waals surface area contributed by atoms with Gasteiger partial charge in [-0.15, -0.1) is 11.8 Å². The average molecular weight is 585 g/mol. The summed E-state index contributed by atoms with van der Waals surface area (Å²) in [6.07, 6.45) is -3.89. The molecule has 0 amide bonds. The second-order valence-corrected chi connectivity index (χ2v) is 10.8. The van der Waals surface area contributed by atoms with Crippen LogP contribution in [0.15, 0.2) is 121 Å². The summed E-state index contributed by atoms with van der Waals surface area (Å²) in [6, 6.07) is 36.5. The molecule has 0 spiro atoms. The molecule has 8 heteroatoms. The van der Waals surface area contributed by atoms with Crippen molar-refractivity contribution in [2.24, 2.45) is 0 Å². The van der Waals surface area contributed by atoms with Crippen molar-refractivity contribution in [1.29, 1.82) is 0 Å². The molecule has 42 heavy (non-hydrogen) atoms. The Morgan fingerprint density at radius 2 is 1.12 bits per heavy atom. The summed E-state index contributed by atoms with van der Waals surface area (Å²) in [7, 11) is 0. The van der Waals surface area contributed by atoms with E-state index in [4.69, 9.17) is 18.9 Å². The first-order valence-corrected chi connectivity index (χ1v) is 14.8. The van der Waals surface area contributed by atoms with Crippen LogP contribution in [0.1, 0.15) is 31.8 Å². The smallest absolute Gasteiger partial charge is 0.338 e. The summed E-state index contributed by atoms with van der Waals surface area (Å²) in [5.41, 5.74) is 1.86. The number of carbonyl (C=O) groups excluding carboxylic acids is 2. The third kappa shape index (κ3) is 7.66. The number of thioether (sulfide) groups is 1. The van der Waals surface area contributed by atoms with Gasteiger partial charge in [-0.05, 0) is 35.4 Å². The van der Waals surface area contributed by atoms with Gasteiger partial charge < -0.3 is 24.1 Å². The minimum absolute atomic E-state index is 0.173. The molecule has 1 aliphatic rings. The van der Waals surface area contributed by atoms with E-state index in [1.165, 1.54) is 11.8 Å². The van der Waals surface area contributed by atoms with Crippen LogP contribution in [-0.4, -0.2) is 53.5 Å². The van der Waals surface area contributed by atoms with Crippen molar-refractivity contribution in [3.05, 3.63) is 144 Å². The Bertz CT molecular complexity index is 1400. The first-order valence-electron chi connectivity index (χ1n) is 13.7. The van der Waals surface area contributed by atoms with E-state index in [9.17, 15) is 14.7 Å². The summed E-state index contributed by atoms with van der Waals surface area (Å²) < 4.78 is 24.8. The molecule has 1 aliphatic heterocycles. The highest BCUT2D eigenvalue weighted by atomic mass is 32.2. The molecule has 4 aromatic rings. The fourth-order valence-electron chi connectivity index (χ4n) is 4.67. The van der Waals surface area contributed by atoms with Crippen LogP contribution in [0.3, 0.4) is 0 Å². The second kappa shape index (κ2) is 14.8. The van der Waals surface area contributed by atoms with Gasteiger partial charge in [0, 0.05) is 5.75 Å². The summed E-state index contributed by atoms with van der Waals surface area (Å²) in [5.74, 6) is -0.641. The molecule has 0 aliphatic carbocycles. The molecule has 7 nitrogen and oxygen atoms in total. The van der Waals surface area contributed by atoms with Crippen LogP contribution in [0.4, 0.5) is 0 Å². The molecule has 0 unspecified atom stereocenters. The van der Waals surface area contributed by atoms with Crippen molar-refractivity contribution in [1.82, 2.24) is 0 Å². The van der Waals surface area contributed by atoms with E-state index in [1.807, 2.05) is 66.7 Å². The van der Waals surface area contributed by atoms with Crippen molar-refractivity contribution < 1.29 is 33.6 Å². The van der Waals surface area contributed by atoms with E-state index in [2.05, 4.69) is 0 Å². The van der Waals surface area contributed by atoms with E-state index >= 15 is 0 Å². The minimum atomic E-state index is -1.08. The fraction of sp³-hybridized carbons (Fsp3) is 0.235. The zero-order chi connectivity index (χ0) is 29.1. The Balaban J connectivity index is 1.48. The van der Waals surface area contributed by atoms with E-state index in [1.54, 1.807) is 54.6 Å². The van der Waals surface area contributed by atoms with E-state index in [-0.39, 0.29) is 13.2 Å². The maximum atomic E-state index is 13.4. The Morgan fingerprint density at radius 1 is 0.643 bits per heavy atom. The lowest BCUT2D eigenvalue weighted by atomic mass is 9.99. The lowest BCUT2D eigenvalue weighted by molar-refractivity contribution is -0.224. The van der Waals surface area contributed by atoms with Crippen LogP contribution < -0.4 is 0 Å². The molecule has 0 aromatic heterocycles. The van der Waals surface area contributed by atoms with Crippen molar-refractivity contribution in [3.63, 3.8) is 0 Å². The van der Waals surface area contributed by atoms with Gasteiger partial charge in [0.05, 0.1) is 24.3 Å². The fourth-order valence-corrected chi connectivity index (χ4v) is 5.84. The van der Waals surface area contributed by atoms with E-state index < -0.39 is 41.8 Å². The summed E-state index contributed by atoms with van der Waals surface area (Å²) in [4.78, 5) is 26.7. The zero-order valence-corrected chi connectivity index (χ0v) is 23.7. The summed E-state index contributed by atoms with van der Waals surface area (Å²) in [6.45, 7) is -0.216. The van der Waals surface area contributed by atoms with Crippen LogP contribution in [0.5, 0.6) is 0 Å². The number of hydrogen-bond acceptors (Lipinski definition) is 8. The first-order chi connectivity index (χ1) is 20.6. The number of aliphatic hydroxyl groups excluding tert-OH is 1. The van der Waals surface area contributed by atoms with Crippen LogP contribution in [0.25, 0.3) is 0 Å². The maximum Gasteiger partial charge on any atom is 0.338 e. The van der Waals surface area contributed by atoms with Crippen LogP contribution in [0.2, 0.25) is 0 Å². The lowest BCUT2D eigenvalue weighted by Gasteiger charge is -2.44. The predicted molar refractivity (Wildman–Crippen MR) is 160 cm³/mol. The summed E-state index contributed by atoms with van der Waals surface area (Å²) in [5, 5.41) is 10.4. The molecule has 5 rings (SSSR count). The van der Waals surface area contributed by atoms with E-state index in [0.717, 1.165) is 11.1 Å². The van der Waals surface area contributed by atoms with Gasteiger partial charge in [0.15, 0.2) is 12.2 Å². The molecule has 1 saturated heterocycles. The maximum absolute atomic E-state index is 13.4. The normalized spacial score (nSPS) is 21.8. The molecular formula is C34H32O7S. The molecule has 0 bridgehead atoms. The largest absolute Gasteiger partial charge is 0.452 e. The standard InChI is InChI=1S/C34H32O7S/c35-21-28-29(38-22-24-13-5-1-6-14-24)30(40-32(36)26-17-9-3-10-18-26)31(41-33(37)27-19-11-4-12-20-27)34(39-28)42-23-25-15-7-2-8-16-25/h1-20,28-31,34-35H,21-23H2/t28-,29+,30+,31-,34+/m1/s1. The highest BCUT2D eigenvalue weighted by Crippen LogP contribution is 2.36. The predicted octanol–water partition coefficient (Wildman–Crippen LogP) is 5.67. The number of ether oxygens (including phenoxy) is 4. The molecule has 4 aromatic carbocycles. The van der Waals surface area contributed by atoms with Crippen LogP contribution in [-0.2, 0) is 31.3 Å². The number of carbonyl (C=O) groups is 2. The lowest BCUT2D eigenvalue weighted by Crippen LogP contribution is -2.61. The van der Waals surface area contributed by atoms with Gasteiger partial charge >= 0.3 is 11.9 Å². The quantitative estimate of drug-likeness (QED) is 0.226. The van der Waals surface area contributed by atoms with Crippen molar-refractivity contribution in [2.75, 3.05) is 6.61 Å². The van der Waals surface area contributed by atoms with Crippen LogP contribution >= 0.6 is 11.8 Å².